The van der Waals surface area contributed by atoms with Gasteiger partial charge in [-0.25, -0.2) is 4.79 Å². The summed E-state index contributed by atoms with van der Waals surface area (Å²) in [5, 5.41) is 10.6. The number of Topliss-reactive ketones (excluding diaryl/α,β-unsaturated/α-hetero) is 1. The molecule has 22 heavy (non-hydrogen) atoms. The Kier molecular flexibility index (Phi) is 3.51. The van der Waals surface area contributed by atoms with Gasteiger partial charge in [0.2, 0.25) is 0 Å². The van der Waals surface area contributed by atoms with Crippen molar-refractivity contribution in [3.05, 3.63) is 75.6 Å². The van der Waals surface area contributed by atoms with E-state index < -0.39 is 11.4 Å². The molecule has 0 fully saturated rings. The molecule has 0 atom stereocenters. The third-order valence-corrected chi connectivity index (χ3v) is 3.55. The van der Waals surface area contributed by atoms with Gasteiger partial charge in [-0.15, -0.1) is 0 Å². The molecular formula is C18H14O4. The summed E-state index contributed by atoms with van der Waals surface area (Å²) in [4.78, 5) is 24.4. The maximum absolute atomic E-state index is 12.4. The number of carbonyl (C=O) groups is 1. The van der Waals surface area contributed by atoms with Crippen LogP contribution in [0.15, 0.2) is 57.7 Å². The molecule has 2 aromatic carbocycles. The van der Waals surface area contributed by atoms with Crippen LogP contribution in [0.5, 0.6) is 5.75 Å². The highest BCUT2D eigenvalue weighted by atomic mass is 16.4. The largest absolute Gasteiger partial charge is 0.506 e. The molecule has 0 aliphatic heterocycles. The number of carbonyl (C=O) groups excluding carboxylic acids is 1. The number of benzene rings is 2. The summed E-state index contributed by atoms with van der Waals surface area (Å²) in [6.45, 7) is 1.95. The highest BCUT2D eigenvalue weighted by Gasteiger charge is 2.20. The maximum Gasteiger partial charge on any atom is 0.351 e. The van der Waals surface area contributed by atoms with Crippen molar-refractivity contribution in [3.63, 3.8) is 0 Å². The van der Waals surface area contributed by atoms with Crippen LogP contribution >= 0.6 is 0 Å². The van der Waals surface area contributed by atoms with Crippen molar-refractivity contribution in [3.8, 4) is 5.75 Å². The molecule has 1 aromatic heterocycles. The topological polar surface area (TPSA) is 67.5 Å². The standard InChI is InChI=1S/C18H14O4/c1-11-6-8-12(9-7-11)10-14(19)16-17(20)13-4-2-3-5-15(13)22-18(16)21/h2-9,20H,10H2,1H3. The van der Waals surface area contributed by atoms with Gasteiger partial charge in [-0.3, -0.25) is 4.79 Å². The van der Waals surface area contributed by atoms with Gasteiger partial charge in [0.1, 0.15) is 16.9 Å². The first kappa shape index (κ1) is 14.1. The Balaban J connectivity index is 2.04. The molecule has 0 bridgehead atoms. The number of aromatic hydroxyl groups is 1. The first-order valence-corrected chi connectivity index (χ1v) is 6.90. The van der Waals surface area contributed by atoms with E-state index >= 15 is 0 Å². The summed E-state index contributed by atoms with van der Waals surface area (Å²) < 4.78 is 5.12. The molecule has 1 N–H and O–H groups in total. The summed E-state index contributed by atoms with van der Waals surface area (Å²) in [5.74, 6) is -0.773. The predicted molar refractivity (Wildman–Crippen MR) is 83.4 cm³/mol. The Morgan fingerprint density at radius 3 is 2.50 bits per heavy atom. The van der Waals surface area contributed by atoms with Crippen molar-refractivity contribution in [2.75, 3.05) is 0 Å². The molecule has 0 saturated heterocycles. The average Bonchev–Trinajstić information content (AvgIpc) is 2.49. The molecule has 3 rings (SSSR count). The second kappa shape index (κ2) is 5.48. The fraction of sp³-hybridized carbons (Fsp3) is 0.111. The van der Waals surface area contributed by atoms with Crippen LogP contribution in [0.4, 0.5) is 0 Å². The minimum absolute atomic E-state index is 0.0386. The number of rotatable bonds is 3. The molecule has 0 saturated carbocycles. The van der Waals surface area contributed by atoms with Crippen molar-refractivity contribution >= 4 is 16.8 Å². The van der Waals surface area contributed by atoms with E-state index in [1.807, 2.05) is 31.2 Å². The van der Waals surface area contributed by atoms with Crippen LogP contribution in [0.3, 0.4) is 0 Å². The van der Waals surface area contributed by atoms with Crippen LogP contribution in [0.2, 0.25) is 0 Å². The number of para-hydroxylation sites is 1. The minimum atomic E-state index is -0.812. The first-order chi connectivity index (χ1) is 10.6. The van der Waals surface area contributed by atoms with Gasteiger partial charge in [0, 0.05) is 6.42 Å². The molecule has 3 aromatic rings. The zero-order valence-electron chi connectivity index (χ0n) is 12.0. The quantitative estimate of drug-likeness (QED) is 0.595. The Labute approximate surface area is 126 Å². The lowest BCUT2D eigenvalue weighted by Crippen LogP contribution is -2.16. The second-order valence-electron chi connectivity index (χ2n) is 5.19. The number of hydrogen-bond donors (Lipinski definition) is 1. The Morgan fingerprint density at radius 1 is 1.09 bits per heavy atom. The van der Waals surface area contributed by atoms with Gasteiger partial charge in [-0.1, -0.05) is 42.0 Å². The third kappa shape index (κ3) is 2.51. The van der Waals surface area contributed by atoms with Gasteiger partial charge >= 0.3 is 5.63 Å². The number of hydrogen-bond acceptors (Lipinski definition) is 4. The van der Waals surface area contributed by atoms with Gasteiger partial charge in [0.15, 0.2) is 5.78 Å². The van der Waals surface area contributed by atoms with E-state index in [0.717, 1.165) is 11.1 Å². The van der Waals surface area contributed by atoms with Crippen molar-refractivity contribution in [1.82, 2.24) is 0 Å². The first-order valence-electron chi connectivity index (χ1n) is 6.90. The zero-order valence-corrected chi connectivity index (χ0v) is 12.0. The van der Waals surface area contributed by atoms with Gasteiger partial charge in [0.25, 0.3) is 0 Å². The van der Waals surface area contributed by atoms with Crippen LogP contribution in [0, 0.1) is 6.92 Å². The average molecular weight is 294 g/mol. The third-order valence-electron chi connectivity index (χ3n) is 3.55. The summed E-state index contributed by atoms with van der Waals surface area (Å²) in [6, 6.07) is 14.0. The number of aryl methyl sites for hydroxylation is 1. The van der Waals surface area contributed by atoms with Crippen molar-refractivity contribution in [1.29, 1.82) is 0 Å². The van der Waals surface area contributed by atoms with Crippen LogP contribution in [-0.4, -0.2) is 10.9 Å². The summed E-state index contributed by atoms with van der Waals surface area (Å²) in [7, 11) is 0. The lowest BCUT2D eigenvalue weighted by Gasteiger charge is -2.06. The highest BCUT2D eigenvalue weighted by Crippen LogP contribution is 2.26. The predicted octanol–water partition coefficient (Wildman–Crippen LogP) is 3.23. The van der Waals surface area contributed by atoms with E-state index in [1.54, 1.807) is 24.3 Å². The number of ketones is 1. The molecule has 0 spiro atoms. The van der Waals surface area contributed by atoms with Crippen molar-refractivity contribution in [2.24, 2.45) is 0 Å². The monoisotopic (exact) mass is 294 g/mol. The zero-order chi connectivity index (χ0) is 15.7. The highest BCUT2D eigenvalue weighted by molar-refractivity contribution is 6.03. The van der Waals surface area contributed by atoms with E-state index in [4.69, 9.17) is 4.42 Å². The van der Waals surface area contributed by atoms with Crippen LogP contribution in [0.25, 0.3) is 11.0 Å². The van der Waals surface area contributed by atoms with E-state index in [1.165, 1.54) is 0 Å². The Hall–Kier alpha value is -2.88. The summed E-state index contributed by atoms with van der Waals surface area (Å²) in [5.41, 5.74) is 1.02. The molecule has 110 valence electrons. The van der Waals surface area contributed by atoms with E-state index in [2.05, 4.69) is 0 Å². The van der Waals surface area contributed by atoms with E-state index in [9.17, 15) is 14.7 Å². The van der Waals surface area contributed by atoms with E-state index in [0.29, 0.717) is 5.39 Å². The maximum atomic E-state index is 12.4. The SMILES string of the molecule is Cc1ccc(CC(=O)c2c(O)c3ccccc3oc2=O)cc1. The molecule has 4 nitrogen and oxygen atoms in total. The van der Waals surface area contributed by atoms with Crippen LogP contribution in [0.1, 0.15) is 21.5 Å². The Bertz CT molecular complexity index is 905. The summed E-state index contributed by atoms with van der Waals surface area (Å²) in [6.07, 6.45) is 0.0386. The lowest BCUT2D eigenvalue weighted by molar-refractivity contribution is 0.0987. The van der Waals surface area contributed by atoms with Crippen LogP contribution < -0.4 is 5.63 Å². The molecule has 0 unspecified atom stereocenters. The number of fused-ring (bicyclic) bond motifs is 1. The smallest absolute Gasteiger partial charge is 0.351 e. The fourth-order valence-corrected chi connectivity index (χ4v) is 2.36. The van der Waals surface area contributed by atoms with Gasteiger partial charge < -0.3 is 9.52 Å². The Morgan fingerprint density at radius 2 is 1.77 bits per heavy atom. The summed E-state index contributed by atoms with van der Waals surface area (Å²) >= 11 is 0. The van der Waals surface area contributed by atoms with Crippen LogP contribution in [-0.2, 0) is 6.42 Å². The molecule has 0 amide bonds. The van der Waals surface area contributed by atoms with E-state index in [-0.39, 0.29) is 23.3 Å². The van der Waals surface area contributed by atoms with Gasteiger partial charge in [-0.2, -0.15) is 0 Å². The molecule has 0 radical (unpaired) electrons. The second-order valence-corrected chi connectivity index (χ2v) is 5.19. The molecular weight excluding hydrogens is 280 g/mol. The molecule has 0 aliphatic rings. The normalized spacial score (nSPS) is 10.8. The van der Waals surface area contributed by atoms with Gasteiger partial charge in [-0.05, 0) is 24.6 Å². The fourth-order valence-electron chi connectivity index (χ4n) is 2.36. The van der Waals surface area contributed by atoms with Crippen molar-refractivity contribution in [2.45, 2.75) is 13.3 Å². The van der Waals surface area contributed by atoms with Crippen molar-refractivity contribution < 1.29 is 14.3 Å². The molecule has 4 heteroatoms. The molecule has 1 heterocycles. The minimum Gasteiger partial charge on any atom is -0.506 e. The molecule has 0 aliphatic carbocycles. The lowest BCUT2D eigenvalue weighted by atomic mass is 10.0. The van der Waals surface area contributed by atoms with Gasteiger partial charge in [0.05, 0.1) is 5.39 Å².